The zero-order valence-electron chi connectivity index (χ0n) is 10.7. The molecule has 0 aliphatic heterocycles. The Morgan fingerprint density at radius 2 is 2.18 bits per heavy atom. The Morgan fingerprint density at radius 3 is 2.82 bits per heavy atom. The van der Waals surface area contributed by atoms with Crippen LogP contribution in [0.3, 0.4) is 0 Å². The van der Waals surface area contributed by atoms with Crippen LogP contribution in [0.1, 0.15) is 13.8 Å². The predicted octanol–water partition coefficient (Wildman–Crippen LogP) is 2.43. The van der Waals surface area contributed by atoms with Gasteiger partial charge in [0.05, 0.1) is 17.2 Å². The highest BCUT2D eigenvalue weighted by molar-refractivity contribution is 7.71. The Labute approximate surface area is 106 Å². The van der Waals surface area contributed by atoms with Crippen LogP contribution in [0, 0.1) is 4.77 Å². The number of aromatic nitrogens is 3. The molecule has 2 heterocycles. The third-order valence-corrected chi connectivity index (χ3v) is 3.65. The average Bonchev–Trinajstić information content (AvgIpc) is 2.55. The number of hydrogen-bond donors (Lipinski definition) is 1. The molecule has 92 valence electrons. The maximum absolute atomic E-state index is 5.37. The van der Waals surface area contributed by atoms with Crippen LogP contribution in [-0.2, 0) is 6.54 Å². The summed E-state index contributed by atoms with van der Waals surface area (Å²) in [7, 11) is 4.17. The molecule has 0 radical (unpaired) electrons. The number of hydrogen-bond acceptors (Lipinski definition) is 3. The number of fused-ring (bicyclic) bond motifs is 1. The van der Waals surface area contributed by atoms with Crippen molar-refractivity contribution in [3.63, 3.8) is 0 Å². The molecule has 0 amide bonds. The van der Waals surface area contributed by atoms with Gasteiger partial charge in [-0.15, -0.1) is 0 Å². The number of pyridine rings is 1. The molecular weight excluding hydrogens is 232 g/mol. The van der Waals surface area contributed by atoms with E-state index in [0.29, 0.717) is 0 Å². The van der Waals surface area contributed by atoms with Crippen molar-refractivity contribution in [2.75, 3.05) is 14.1 Å². The topological polar surface area (TPSA) is 36.9 Å². The minimum Gasteiger partial charge on any atom is -0.329 e. The average molecular weight is 250 g/mol. The summed E-state index contributed by atoms with van der Waals surface area (Å²) in [5, 5.41) is 0. The lowest BCUT2D eigenvalue weighted by molar-refractivity contribution is 0.170. The first-order valence-corrected chi connectivity index (χ1v) is 6.02. The van der Waals surface area contributed by atoms with E-state index in [1.807, 2.05) is 12.3 Å². The Balaban J connectivity index is 2.49. The number of nitrogens with one attached hydrogen (secondary N) is 1. The maximum Gasteiger partial charge on any atom is 0.178 e. The van der Waals surface area contributed by atoms with Crippen molar-refractivity contribution in [1.82, 2.24) is 19.4 Å². The number of aromatic amines is 1. The molecular formula is C12H18N4S. The van der Waals surface area contributed by atoms with E-state index in [9.17, 15) is 0 Å². The fraction of sp³-hybridized carbons (Fsp3) is 0.500. The van der Waals surface area contributed by atoms with E-state index in [1.54, 1.807) is 6.20 Å². The second-order valence-electron chi connectivity index (χ2n) is 5.12. The van der Waals surface area contributed by atoms with Crippen LogP contribution in [0.15, 0.2) is 18.5 Å². The Bertz CT molecular complexity index is 579. The van der Waals surface area contributed by atoms with Crippen LogP contribution in [0.2, 0.25) is 0 Å². The number of likely N-dealkylation sites (N-methyl/N-ethyl adjacent to an activating group) is 1. The summed E-state index contributed by atoms with van der Waals surface area (Å²) >= 11 is 5.37. The van der Waals surface area contributed by atoms with Gasteiger partial charge in [-0.25, -0.2) is 0 Å². The standard InChI is InChI=1S/C12H18N4S/c1-12(2,15(3)4)8-16-10-5-6-13-7-9(10)14-11(16)17/h5-7H,8H2,1-4H3,(H,14,17). The van der Waals surface area contributed by atoms with Gasteiger partial charge in [0.1, 0.15) is 0 Å². The lowest BCUT2D eigenvalue weighted by Crippen LogP contribution is -2.42. The lowest BCUT2D eigenvalue weighted by atomic mass is 10.0. The van der Waals surface area contributed by atoms with Crippen molar-refractivity contribution < 1.29 is 0 Å². The normalized spacial score (nSPS) is 12.5. The summed E-state index contributed by atoms with van der Waals surface area (Å²) in [6.45, 7) is 5.26. The molecule has 2 rings (SSSR count). The largest absolute Gasteiger partial charge is 0.329 e. The first kappa shape index (κ1) is 12.3. The van der Waals surface area contributed by atoms with Gasteiger partial charge in [0.15, 0.2) is 4.77 Å². The van der Waals surface area contributed by atoms with Crippen LogP contribution < -0.4 is 0 Å². The Hall–Kier alpha value is -1.20. The van der Waals surface area contributed by atoms with Gasteiger partial charge in [-0.2, -0.15) is 0 Å². The van der Waals surface area contributed by atoms with E-state index in [1.165, 1.54) is 0 Å². The van der Waals surface area contributed by atoms with E-state index >= 15 is 0 Å². The fourth-order valence-corrected chi connectivity index (χ4v) is 1.97. The van der Waals surface area contributed by atoms with Gasteiger partial charge in [-0.05, 0) is 46.2 Å². The molecule has 2 aromatic heterocycles. The molecule has 1 N–H and O–H groups in total. The molecule has 0 aromatic carbocycles. The molecule has 0 saturated carbocycles. The quantitative estimate of drug-likeness (QED) is 0.850. The third-order valence-electron chi connectivity index (χ3n) is 3.33. The van der Waals surface area contributed by atoms with Crippen molar-refractivity contribution in [2.45, 2.75) is 25.9 Å². The molecule has 0 bridgehead atoms. The van der Waals surface area contributed by atoms with Gasteiger partial charge in [0, 0.05) is 18.3 Å². The summed E-state index contributed by atoms with van der Waals surface area (Å²) in [6, 6.07) is 1.99. The molecule has 0 spiro atoms. The minimum absolute atomic E-state index is 0.0522. The number of nitrogens with zero attached hydrogens (tertiary/aromatic N) is 3. The number of imidazole rings is 1. The highest BCUT2D eigenvalue weighted by Gasteiger charge is 2.22. The smallest absolute Gasteiger partial charge is 0.178 e. The second kappa shape index (κ2) is 4.23. The van der Waals surface area contributed by atoms with Crippen LogP contribution in [0.5, 0.6) is 0 Å². The minimum atomic E-state index is 0.0522. The first-order valence-electron chi connectivity index (χ1n) is 5.62. The highest BCUT2D eigenvalue weighted by Crippen LogP contribution is 2.18. The van der Waals surface area contributed by atoms with Crippen molar-refractivity contribution in [3.05, 3.63) is 23.2 Å². The second-order valence-corrected chi connectivity index (χ2v) is 5.50. The van der Waals surface area contributed by atoms with Crippen LogP contribution in [0.25, 0.3) is 11.0 Å². The van der Waals surface area contributed by atoms with Gasteiger partial charge in [0.25, 0.3) is 0 Å². The summed E-state index contributed by atoms with van der Waals surface area (Å²) in [6.07, 6.45) is 3.61. The Morgan fingerprint density at radius 1 is 1.47 bits per heavy atom. The van der Waals surface area contributed by atoms with E-state index in [-0.39, 0.29) is 5.54 Å². The summed E-state index contributed by atoms with van der Waals surface area (Å²) < 4.78 is 2.88. The highest BCUT2D eigenvalue weighted by atomic mass is 32.1. The van der Waals surface area contributed by atoms with Crippen LogP contribution >= 0.6 is 12.2 Å². The molecule has 0 fully saturated rings. The lowest BCUT2D eigenvalue weighted by Gasteiger charge is -2.33. The summed E-state index contributed by atoms with van der Waals surface area (Å²) in [5.41, 5.74) is 2.16. The van der Waals surface area contributed by atoms with E-state index in [2.05, 4.69) is 47.4 Å². The van der Waals surface area contributed by atoms with E-state index in [4.69, 9.17) is 12.2 Å². The molecule has 17 heavy (non-hydrogen) atoms. The van der Waals surface area contributed by atoms with Crippen molar-refractivity contribution in [1.29, 1.82) is 0 Å². The van der Waals surface area contributed by atoms with Gasteiger partial charge >= 0.3 is 0 Å². The molecule has 0 aliphatic rings. The first-order chi connectivity index (χ1) is 7.92. The predicted molar refractivity (Wildman–Crippen MR) is 72.7 cm³/mol. The Kier molecular flexibility index (Phi) is 3.05. The monoisotopic (exact) mass is 250 g/mol. The summed E-state index contributed by atoms with van der Waals surface area (Å²) in [5.74, 6) is 0. The van der Waals surface area contributed by atoms with Crippen molar-refractivity contribution >= 4 is 23.3 Å². The molecule has 4 nitrogen and oxygen atoms in total. The zero-order chi connectivity index (χ0) is 12.6. The molecule has 2 aromatic rings. The maximum atomic E-state index is 5.37. The molecule has 0 saturated heterocycles. The number of rotatable bonds is 3. The zero-order valence-corrected chi connectivity index (χ0v) is 11.5. The molecule has 5 heteroatoms. The molecule has 0 atom stereocenters. The van der Waals surface area contributed by atoms with Gasteiger partial charge in [-0.3, -0.25) is 4.98 Å². The van der Waals surface area contributed by atoms with Gasteiger partial charge in [-0.1, -0.05) is 0 Å². The van der Waals surface area contributed by atoms with E-state index in [0.717, 1.165) is 22.3 Å². The third kappa shape index (κ3) is 2.25. The van der Waals surface area contributed by atoms with Crippen LogP contribution in [-0.4, -0.2) is 39.1 Å². The van der Waals surface area contributed by atoms with Gasteiger partial charge in [0.2, 0.25) is 0 Å². The number of H-pyrrole nitrogens is 1. The summed E-state index contributed by atoms with van der Waals surface area (Å²) in [4.78, 5) is 9.49. The fourth-order valence-electron chi connectivity index (χ4n) is 1.70. The van der Waals surface area contributed by atoms with E-state index < -0.39 is 0 Å². The van der Waals surface area contributed by atoms with Crippen LogP contribution in [0.4, 0.5) is 0 Å². The molecule has 0 aliphatic carbocycles. The van der Waals surface area contributed by atoms with Gasteiger partial charge < -0.3 is 14.5 Å². The van der Waals surface area contributed by atoms with Crippen molar-refractivity contribution in [2.24, 2.45) is 0 Å². The SMILES string of the molecule is CN(C)C(C)(C)Cn1c(=S)[nH]c2cnccc21. The van der Waals surface area contributed by atoms with Crippen molar-refractivity contribution in [3.8, 4) is 0 Å². The molecule has 0 unspecified atom stereocenters.